The van der Waals surface area contributed by atoms with Gasteiger partial charge in [0.15, 0.2) is 0 Å². The van der Waals surface area contributed by atoms with E-state index in [-0.39, 0.29) is 12.1 Å². The van der Waals surface area contributed by atoms with Crippen LogP contribution < -0.4 is 15.8 Å². The summed E-state index contributed by atoms with van der Waals surface area (Å²) in [6.07, 6.45) is 3.83. The van der Waals surface area contributed by atoms with E-state index in [2.05, 4.69) is 17.3 Å². The Labute approximate surface area is 119 Å². The molecule has 1 aromatic heterocycles. The number of aromatic nitrogens is 2. The van der Waals surface area contributed by atoms with Crippen LogP contribution in [0.2, 0.25) is 0 Å². The Hall–Kier alpha value is -2.17. The molecule has 5 nitrogen and oxygen atoms in total. The molecular weight excluding hydrogens is 252 g/mol. The number of nitrogens with one attached hydrogen (secondary N) is 1. The highest BCUT2D eigenvalue weighted by molar-refractivity contribution is 5.73. The molecule has 0 spiro atoms. The molecule has 0 saturated carbocycles. The summed E-state index contributed by atoms with van der Waals surface area (Å²) < 4.78 is 7.58. The zero-order chi connectivity index (χ0) is 14.5. The first-order valence-corrected chi connectivity index (χ1v) is 6.85. The van der Waals surface area contributed by atoms with E-state index < -0.39 is 0 Å². The summed E-state index contributed by atoms with van der Waals surface area (Å²) in [6, 6.07) is 7.92. The number of benzene rings is 1. The summed E-state index contributed by atoms with van der Waals surface area (Å²) in [6.45, 7) is 6.85. The summed E-state index contributed by atoms with van der Waals surface area (Å²) in [4.78, 5) is 0. The third kappa shape index (κ3) is 3.66. The number of rotatable bonds is 6. The normalized spacial score (nSPS) is 12.4. The number of hydrogen-bond donors (Lipinski definition) is 2. The molecule has 0 fully saturated rings. The van der Waals surface area contributed by atoms with Crippen molar-refractivity contribution in [2.24, 2.45) is 0 Å². The van der Waals surface area contributed by atoms with E-state index in [1.165, 1.54) is 0 Å². The third-order valence-electron chi connectivity index (χ3n) is 2.85. The lowest BCUT2D eigenvalue weighted by Gasteiger charge is -2.19. The maximum atomic E-state index is 6.14. The van der Waals surface area contributed by atoms with Crippen molar-refractivity contribution in [1.29, 1.82) is 0 Å². The van der Waals surface area contributed by atoms with E-state index in [4.69, 9.17) is 10.5 Å². The number of nitrogens with zero attached hydrogens (tertiary/aromatic N) is 2. The van der Waals surface area contributed by atoms with Crippen LogP contribution in [0.4, 0.5) is 11.4 Å². The quantitative estimate of drug-likeness (QED) is 0.795. The molecular formula is C15H22N4O. The van der Waals surface area contributed by atoms with Gasteiger partial charge >= 0.3 is 0 Å². The Morgan fingerprint density at radius 3 is 2.75 bits per heavy atom. The predicted octanol–water partition coefficient (Wildman–Crippen LogP) is 2.75. The van der Waals surface area contributed by atoms with E-state index in [1.54, 1.807) is 6.20 Å². The lowest BCUT2D eigenvalue weighted by molar-refractivity contribution is 0.244. The molecule has 0 saturated heterocycles. The Balaban J connectivity index is 2.05. The minimum absolute atomic E-state index is 0.106. The third-order valence-corrected chi connectivity index (χ3v) is 2.85. The first kappa shape index (κ1) is 14.2. The van der Waals surface area contributed by atoms with Crippen LogP contribution in [0.25, 0.3) is 0 Å². The molecule has 0 aliphatic rings. The summed E-state index contributed by atoms with van der Waals surface area (Å²) >= 11 is 0. The second kappa shape index (κ2) is 6.32. The summed E-state index contributed by atoms with van der Waals surface area (Å²) in [5.74, 6) is 0.719. The molecule has 1 atom stereocenters. The number of anilines is 2. The van der Waals surface area contributed by atoms with Gasteiger partial charge in [-0.15, -0.1) is 0 Å². The van der Waals surface area contributed by atoms with Gasteiger partial charge in [-0.1, -0.05) is 6.07 Å². The molecule has 1 unspecified atom stereocenters. The Bertz CT molecular complexity index is 537. The topological polar surface area (TPSA) is 65.1 Å². The number of nitrogens with two attached hydrogens (primary N) is 1. The van der Waals surface area contributed by atoms with Crippen LogP contribution in [-0.4, -0.2) is 21.9 Å². The van der Waals surface area contributed by atoms with Gasteiger partial charge in [-0.05, 0) is 39.0 Å². The van der Waals surface area contributed by atoms with Crippen LogP contribution in [0.15, 0.2) is 36.7 Å². The maximum Gasteiger partial charge on any atom is 0.144 e. The van der Waals surface area contributed by atoms with Gasteiger partial charge in [-0.2, -0.15) is 5.10 Å². The fourth-order valence-electron chi connectivity index (χ4n) is 2.03. The van der Waals surface area contributed by atoms with E-state index in [0.29, 0.717) is 5.69 Å². The molecule has 1 heterocycles. The van der Waals surface area contributed by atoms with E-state index in [9.17, 15) is 0 Å². The van der Waals surface area contributed by atoms with Gasteiger partial charge in [0, 0.05) is 18.4 Å². The molecule has 2 aromatic rings. The highest BCUT2D eigenvalue weighted by Crippen LogP contribution is 2.30. The number of ether oxygens (including phenoxy) is 1. The van der Waals surface area contributed by atoms with Gasteiger partial charge in [-0.3, -0.25) is 4.68 Å². The molecule has 108 valence electrons. The van der Waals surface area contributed by atoms with Crippen LogP contribution in [0.3, 0.4) is 0 Å². The first-order chi connectivity index (χ1) is 9.56. The molecule has 0 radical (unpaired) electrons. The Kier molecular flexibility index (Phi) is 4.50. The van der Waals surface area contributed by atoms with Crippen molar-refractivity contribution in [3.05, 3.63) is 36.7 Å². The maximum absolute atomic E-state index is 6.14. The minimum Gasteiger partial charge on any atom is -0.489 e. The lowest BCUT2D eigenvalue weighted by Crippen LogP contribution is -2.23. The summed E-state index contributed by atoms with van der Waals surface area (Å²) in [7, 11) is 0. The minimum atomic E-state index is 0.106. The molecule has 2 rings (SSSR count). The number of nitrogen functional groups attached to an aromatic ring is 1. The van der Waals surface area contributed by atoms with E-state index in [1.807, 2.05) is 49.0 Å². The number of para-hydroxylation sites is 1. The highest BCUT2D eigenvalue weighted by Gasteiger charge is 2.10. The first-order valence-electron chi connectivity index (χ1n) is 6.85. The predicted molar refractivity (Wildman–Crippen MR) is 81.9 cm³/mol. The highest BCUT2D eigenvalue weighted by atomic mass is 16.5. The van der Waals surface area contributed by atoms with Crippen molar-refractivity contribution >= 4 is 11.4 Å². The van der Waals surface area contributed by atoms with Crippen LogP contribution >= 0.6 is 0 Å². The van der Waals surface area contributed by atoms with Gasteiger partial charge in [0.2, 0.25) is 0 Å². The molecule has 3 N–H and O–H groups in total. The fourth-order valence-corrected chi connectivity index (χ4v) is 2.03. The van der Waals surface area contributed by atoms with Gasteiger partial charge in [0.25, 0.3) is 0 Å². The second-order valence-electron chi connectivity index (χ2n) is 5.16. The Morgan fingerprint density at radius 1 is 1.30 bits per heavy atom. The smallest absolute Gasteiger partial charge is 0.144 e. The molecule has 0 aliphatic carbocycles. The van der Waals surface area contributed by atoms with Gasteiger partial charge in [0.05, 0.1) is 24.0 Å². The second-order valence-corrected chi connectivity index (χ2v) is 5.16. The van der Waals surface area contributed by atoms with Gasteiger partial charge in [0.1, 0.15) is 5.75 Å². The molecule has 5 heteroatoms. The van der Waals surface area contributed by atoms with E-state index in [0.717, 1.165) is 18.0 Å². The fraction of sp³-hybridized carbons (Fsp3) is 0.400. The van der Waals surface area contributed by atoms with Crippen molar-refractivity contribution in [1.82, 2.24) is 9.78 Å². The summed E-state index contributed by atoms with van der Waals surface area (Å²) in [5, 5.41) is 7.59. The average molecular weight is 274 g/mol. The number of hydrogen-bond acceptors (Lipinski definition) is 4. The van der Waals surface area contributed by atoms with Crippen LogP contribution in [0.1, 0.15) is 20.8 Å². The zero-order valence-corrected chi connectivity index (χ0v) is 12.2. The Morgan fingerprint density at radius 2 is 2.10 bits per heavy atom. The zero-order valence-electron chi connectivity index (χ0n) is 12.2. The molecule has 20 heavy (non-hydrogen) atoms. The van der Waals surface area contributed by atoms with Crippen molar-refractivity contribution < 1.29 is 4.74 Å². The largest absolute Gasteiger partial charge is 0.489 e. The van der Waals surface area contributed by atoms with Crippen molar-refractivity contribution in [2.75, 3.05) is 11.1 Å². The van der Waals surface area contributed by atoms with E-state index >= 15 is 0 Å². The van der Waals surface area contributed by atoms with Crippen molar-refractivity contribution in [3.8, 4) is 5.75 Å². The molecule has 1 aromatic carbocycles. The molecule has 0 aliphatic heterocycles. The molecule has 0 amide bonds. The lowest BCUT2D eigenvalue weighted by atomic mass is 10.2. The monoisotopic (exact) mass is 274 g/mol. The van der Waals surface area contributed by atoms with Gasteiger partial charge < -0.3 is 15.8 Å². The average Bonchev–Trinajstić information content (AvgIpc) is 2.86. The standard InChI is InChI=1S/C15H22N4O/c1-11(2)20-14-7-4-6-13(15(14)16)18-12(3)10-19-9-5-8-17-19/h4-9,11-12,18H,10,16H2,1-3H3. The molecule has 0 bridgehead atoms. The van der Waals surface area contributed by atoms with Crippen molar-refractivity contribution in [2.45, 2.75) is 39.5 Å². The van der Waals surface area contributed by atoms with Crippen LogP contribution in [0, 0.1) is 0 Å². The summed E-state index contributed by atoms with van der Waals surface area (Å²) in [5.41, 5.74) is 7.68. The van der Waals surface area contributed by atoms with Crippen molar-refractivity contribution in [3.63, 3.8) is 0 Å². The van der Waals surface area contributed by atoms with Crippen LogP contribution in [0.5, 0.6) is 5.75 Å². The SMILES string of the molecule is CC(Cn1cccn1)Nc1cccc(OC(C)C)c1N. The van der Waals surface area contributed by atoms with Gasteiger partial charge in [-0.25, -0.2) is 0 Å². The van der Waals surface area contributed by atoms with Crippen LogP contribution in [-0.2, 0) is 6.54 Å².